The number of hydrogen-bond acceptors (Lipinski definition) is 2. The van der Waals surface area contributed by atoms with Gasteiger partial charge in [0, 0.05) is 6.04 Å². The highest BCUT2D eigenvalue weighted by Gasteiger charge is 2.13. The van der Waals surface area contributed by atoms with E-state index in [-0.39, 0.29) is 0 Å². The molecule has 0 saturated carbocycles. The van der Waals surface area contributed by atoms with E-state index in [1.807, 2.05) is 13.1 Å². The Morgan fingerprint density at radius 2 is 2.12 bits per heavy atom. The first-order chi connectivity index (χ1) is 7.77. The van der Waals surface area contributed by atoms with E-state index < -0.39 is 0 Å². The number of hydrogen-bond donors (Lipinski definition) is 1. The van der Waals surface area contributed by atoms with Gasteiger partial charge in [0.1, 0.15) is 5.82 Å². The van der Waals surface area contributed by atoms with E-state index in [1.165, 1.54) is 5.52 Å². The minimum Gasteiger partial charge on any atom is -0.324 e. The van der Waals surface area contributed by atoms with Gasteiger partial charge in [-0.15, -0.1) is 0 Å². The fourth-order valence-electron chi connectivity index (χ4n) is 2.05. The number of aromatic nitrogens is 2. The van der Waals surface area contributed by atoms with Crippen LogP contribution in [0.3, 0.4) is 0 Å². The van der Waals surface area contributed by atoms with Crippen molar-refractivity contribution in [3.05, 3.63) is 30.1 Å². The van der Waals surface area contributed by atoms with Crippen LogP contribution >= 0.6 is 0 Å². The molecule has 2 aromatic rings. The van der Waals surface area contributed by atoms with Crippen molar-refractivity contribution >= 4 is 11.0 Å². The highest BCUT2D eigenvalue weighted by molar-refractivity contribution is 5.76. The fraction of sp³-hybridized carbons (Fsp3) is 0.462. The molecule has 3 heteroatoms. The molecule has 1 aromatic heterocycles. The van der Waals surface area contributed by atoms with Gasteiger partial charge in [-0.05, 0) is 32.5 Å². The van der Waals surface area contributed by atoms with Gasteiger partial charge in [-0.2, -0.15) is 0 Å². The Bertz CT molecular complexity index is 473. The molecule has 0 unspecified atom stereocenters. The topological polar surface area (TPSA) is 29.9 Å². The van der Waals surface area contributed by atoms with Gasteiger partial charge in [-0.1, -0.05) is 19.1 Å². The minimum absolute atomic E-state index is 0.496. The summed E-state index contributed by atoms with van der Waals surface area (Å²) in [5.74, 6) is 1.12. The van der Waals surface area contributed by atoms with Crippen LogP contribution in [-0.2, 0) is 6.54 Å². The smallest absolute Gasteiger partial charge is 0.124 e. The second-order valence-electron chi connectivity index (χ2n) is 4.17. The molecule has 2 rings (SSSR count). The van der Waals surface area contributed by atoms with Crippen LogP contribution in [0.1, 0.15) is 32.1 Å². The maximum absolute atomic E-state index is 4.67. The second kappa shape index (κ2) is 4.66. The van der Waals surface area contributed by atoms with Gasteiger partial charge in [0.05, 0.1) is 17.6 Å². The van der Waals surface area contributed by atoms with Gasteiger partial charge < -0.3 is 9.88 Å². The van der Waals surface area contributed by atoms with E-state index in [0.29, 0.717) is 6.04 Å². The Labute approximate surface area is 96.5 Å². The molecule has 3 nitrogen and oxygen atoms in total. The zero-order chi connectivity index (χ0) is 11.5. The lowest BCUT2D eigenvalue weighted by Gasteiger charge is -2.15. The third-order valence-electron chi connectivity index (χ3n) is 3.04. The van der Waals surface area contributed by atoms with E-state index in [9.17, 15) is 0 Å². The van der Waals surface area contributed by atoms with Crippen molar-refractivity contribution < 1.29 is 0 Å². The van der Waals surface area contributed by atoms with Crippen molar-refractivity contribution in [1.29, 1.82) is 0 Å². The van der Waals surface area contributed by atoms with E-state index in [1.54, 1.807) is 0 Å². The summed E-state index contributed by atoms with van der Waals surface area (Å²) in [6.07, 6.45) is 1.12. The molecule has 16 heavy (non-hydrogen) atoms. The van der Waals surface area contributed by atoms with Gasteiger partial charge in [0.2, 0.25) is 0 Å². The second-order valence-corrected chi connectivity index (χ2v) is 4.17. The molecule has 86 valence electrons. The molecule has 0 radical (unpaired) electrons. The largest absolute Gasteiger partial charge is 0.324 e. The molecule has 0 aliphatic rings. The monoisotopic (exact) mass is 217 g/mol. The fourth-order valence-corrected chi connectivity index (χ4v) is 2.05. The van der Waals surface area contributed by atoms with E-state index >= 15 is 0 Å². The summed E-state index contributed by atoms with van der Waals surface area (Å²) >= 11 is 0. The molecule has 1 atom stereocenters. The Morgan fingerprint density at radius 1 is 1.38 bits per heavy atom. The molecule has 0 fully saturated rings. The van der Waals surface area contributed by atoms with Crippen molar-refractivity contribution in [1.82, 2.24) is 14.9 Å². The van der Waals surface area contributed by atoms with Gasteiger partial charge in [0.15, 0.2) is 0 Å². The molecule has 1 aromatic carbocycles. The average Bonchev–Trinajstić information content (AvgIpc) is 2.66. The van der Waals surface area contributed by atoms with Crippen molar-refractivity contribution in [2.75, 3.05) is 7.05 Å². The molecular formula is C13H19N3. The lowest BCUT2D eigenvalue weighted by molar-refractivity contribution is 0.514. The Hall–Kier alpha value is -1.35. The molecule has 1 N–H and O–H groups in total. The van der Waals surface area contributed by atoms with Crippen LogP contribution < -0.4 is 5.32 Å². The van der Waals surface area contributed by atoms with Crippen molar-refractivity contribution in [2.24, 2.45) is 0 Å². The number of nitrogens with zero attached hydrogens (tertiary/aromatic N) is 2. The van der Waals surface area contributed by atoms with Crippen LogP contribution in [0.4, 0.5) is 0 Å². The lowest BCUT2D eigenvalue weighted by atomic mass is 10.2. The zero-order valence-corrected chi connectivity index (χ0v) is 10.2. The van der Waals surface area contributed by atoms with Gasteiger partial charge >= 0.3 is 0 Å². The van der Waals surface area contributed by atoms with Crippen molar-refractivity contribution in [2.45, 2.75) is 32.9 Å². The summed E-state index contributed by atoms with van der Waals surface area (Å²) in [5, 5.41) is 3.18. The van der Waals surface area contributed by atoms with E-state index in [2.05, 4.69) is 46.9 Å². The quantitative estimate of drug-likeness (QED) is 0.853. The highest BCUT2D eigenvalue weighted by atomic mass is 15.1. The predicted octanol–water partition coefficient (Wildman–Crippen LogP) is 2.73. The highest BCUT2D eigenvalue weighted by Crippen LogP contribution is 2.22. The van der Waals surface area contributed by atoms with Crippen molar-refractivity contribution in [3.8, 4) is 0 Å². The maximum Gasteiger partial charge on any atom is 0.124 e. The molecule has 0 spiro atoms. The third-order valence-corrected chi connectivity index (χ3v) is 3.04. The number of imidazole rings is 1. The minimum atomic E-state index is 0.496. The summed E-state index contributed by atoms with van der Waals surface area (Å²) < 4.78 is 2.34. The van der Waals surface area contributed by atoms with Crippen LogP contribution in [0.15, 0.2) is 24.3 Å². The first-order valence-electron chi connectivity index (χ1n) is 5.88. The summed E-state index contributed by atoms with van der Waals surface area (Å²) in [6.45, 7) is 5.27. The Kier molecular flexibility index (Phi) is 3.25. The molecule has 0 saturated heterocycles. The molecular weight excluding hydrogens is 198 g/mol. The standard InChI is InChI=1S/C13H19N3/c1-4-10(2)16-12-8-6-5-7-11(12)15-13(16)9-14-3/h5-8,10,14H,4,9H2,1-3H3/t10-/m1/s1. The average molecular weight is 217 g/mol. The summed E-state index contributed by atoms with van der Waals surface area (Å²) in [6, 6.07) is 8.84. The van der Waals surface area contributed by atoms with E-state index in [4.69, 9.17) is 0 Å². The lowest BCUT2D eigenvalue weighted by Crippen LogP contribution is -2.14. The summed E-state index contributed by atoms with van der Waals surface area (Å²) in [5.41, 5.74) is 2.33. The van der Waals surface area contributed by atoms with Crippen LogP contribution in [0.5, 0.6) is 0 Å². The number of rotatable bonds is 4. The third kappa shape index (κ3) is 1.83. The maximum atomic E-state index is 4.67. The van der Waals surface area contributed by atoms with Gasteiger partial charge in [-0.25, -0.2) is 4.98 Å². The van der Waals surface area contributed by atoms with Crippen LogP contribution in [0.2, 0.25) is 0 Å². The SMILES string of the molecule is CC[C@@H](C)n1c(CNC)nc2ccccc21. The zero-order valence-electron chi connectivity index (χ0n) is 10.2. The van der Waals surface area contributed by atoms with Crippen LogP contribution in [-0.4, -0.2) is 16.6 Å². The summed E-state index contributed by atoms with van der Waals surface area (Å²) in [4.78, 5) is 4.67. The first kappa shape index (κ1) is 11.1. The number of nitrogens with one attached hydrogen (secondary N) is 1. The van der Waals surface area contributed by atoms with Gasteiger partial charge in [-0.3, -0.25) is 0 Å². The Balaban J connectivity index is 2.59. The summed E-state index contributed by atoms with van der Waals surface area (Å²) in [7, 11) is 1.96. The number of benzene rings is 1. The molecule has 0 aliphatic carbocycles. The number of fused-ring (bicyclic) bond motifs is 1. The first-order valence-corrected chi connectivity index (χ1v) is 5.88. The predicted molar refractivity (Wildman–Crippen MR) is 67.5 cm³/mol. The normalized spacial score (nSPS) is 13.2. The van der Waals surface area contributed by atoms with Crippen molar-refractivity contribution in [3.63, 3.8) is 0 Å². The van der Waals surface area contributed by atoms with Gasteiger partial charge in [0.25, 0.3) is 0 Å². The molecule has 0 aliphatic heterocycles. The van der Waals surface area contributed by atoms with Crippen LogP contribution in [0, 0.1) is 0 Å². The molecule has 1 heterocycles. The number of para-hydroxylation sites is 2. The van der Waals surface area contributed by atoms with E-state index in [0.717, 1.165) is 24.3 Å². The van der Waals surface area contributed by atoms with Crippen LogP contribution in [0.25, 0.3) is 11.0 Å². The molecule has 0 amide bonds. The molecule has 0 bridgehead atoms. The Morgan fingerprint density at radius 3 is 2.81 bits per heavy atom.